The van der Waals surface area contributed by atoms with E-state index in [1.165, 1.54) is 0 Å². The first-order valence-electron chi connectivity index (χ1n) is 4.97. The van der Waals surface area contributed by atoms with Gasteiger partial charge in [0, 0.05) is 12.5 Å². The van der Waals surface area contributed by atoms with Crippen molar-refractivity contribution in [1.29, 1.82) is 0 Å². The maximum atomic E-state index is 5.75. The lowest BCUT2D eigenvalue weighted by atomic mass is 10.0. The first kappa shape index (κ1) is 10.5. The molecule has 0 amide bonds. The van der Waals surface area contributed by atoms with Crippen LogP contribution in [0, 0.1) is 5.92 Å². The van der Waals surface area contributed by atoms with E-state index in [-0.39, 0.29) is 5.60 Å². The largest absolute Gasteiger partial charge is 0.387 e. The molecule has 1 rings (SSSR count). The molecule has 3 heteroatoms. The molecular formula is C10H20N2O. The van der Waals surface area contributed by atoms with Crippen molar-refractivity contribution in [3.8, 4) is 0 Å². The third-order valence-electron chi connectivity index (χ3n) is 2.49. The van der Waals surface area contributed by atoms with E-state index in [0.29, 0.717) is 12.5 Å². The van der Waals surface area contributed by atoms with Gasteiger partial charge < -0.3 is 10.5 Å². The second kappa shape index (κ2) is 4.09. The summed E-state index contributed by atoms with van der Waals surface area (Å²) < 4.78 is 5.61. The Morgan fingerprint density at radius 3 is 2.77 bits per heavy atom. The lowest BCUT2D eigenvalue weighted by Gasteiger charge is -2.20. The fourth-order valence-electron chi connectivity index (χ4n) is 1.40. The van der Waals surface area contributed by atoms with Gasteiger partial charge in [-0.05, 0) is 19.8 Å². The standard InChI is InChI=1S/C10H20N2O/c1-8(2)9(11)12-7-10(3)5-4-6-13-10/h8H,4-7H2,1-3H3,(H2,11,12). The molecule has 1 saturated heterocycles. The molecule has 0 radical (unpaired) electrons. The minimum atomic E-state index is -0.0560. The van der Waals surface area contributed by atoms with Gasteiger partial charge in [-0.25, -0.2) is 0 Å². The molecule has 0 aromatic heterocycles. The van der Waals surface area contributed by atoms with Crippen LogP contribution in [0.4, 0.5) is 0 Å². The van der Waals surface area contributed by atoms with Crippen LogP contribution in [0.1, 0.15) is 33.6 Å². The van der Waals surface area contributed by atoms with E-state index in [1.807, 2.05) is 0 Å². The molecule has 1 heterocycles. The molecule has 0 bridgehead atoms. The molecule has 1 unspecified atom stereocenters. The summed E-state index contributed by atoms with van der Waals surface area (Å²) in [5.74, 6) is 1.07. The van der Waals surface area contributed by atoms with E-state index in [9.17, 15) is 0 Å². The lowest BCUT2D eigenvalue weighted by molar-refractivity contribution is 0.0284. The van der Waals surface area contributed by atoms with Crippen molar-refractivity contribution >= 4 is 5.84 Å². The number of hydrogen-bond donors (Lipinski definition) is 1. The van der Waals surface area contributed by atoms with Gasteiger partial charge in [0.15, 0.2) is 0 Å². The number of nitrogens with zero attached hydrogens (tertiary/aromatic N) is 1. The van der Waals surface area contributed by atoms with Crippen molar-refractivity contribution in [2.24, 2.45) is 16.6 Å². The van der Waals surface area contributed by atoms with Gasteiger partial charge >= 0.3 is 0 Å². The highest BCUT2D eigenvalue weighted by molar-refractivity contribution is 5.82. The summed E-state index contributed by atoms with van der Waals surface area (Å²) in [7, 11) is 0. The Morgan fingerprint density at radius 1 is 1.62 bits per heavy atom. The van der Waals surface area contributed by atoms with Gasteiger partial charge in [0.05, 0.1) is 18.0 Å². The summed E-state index contributed by atoms with van der Waals surface area (Å²) in [5.41, 5.74) is 5.69. The van der Waals surface area contributed by atoms with Crippen LogP contribution in [0.3, 0.4) is 0 Å². The summed E-state index contributed by atoms with van der Waals surface area (Å²) in [6.45, 7) is 7.79. The van der Waals surface area contributed by atoms with Gasteiger partial charge in [-0.2, -0.15) is 0 Å². The fraction of sp³-hybridized carbons (Fsp3) is 0.900. The summed E-state index contributed by atoms with van der Waals surface area (Å²) in [6, 6.07) is 0. The molecule has 1 aliphatic heterocycles. The van der Waals surface area contributed by atoms with Crippen molar-refractivity contribution in [2.75, 3.05) is 13.2 Å². The molecule has 13 heavy (non-hydrogen) atoms. The number of aliphatic imine (C=N–C) groups is 1. The normalized spacial score (nSPS) is 30.0. The molecular weight excluding hydrogens is 164 g/mol. The van der Waals surface area contributed by atoms with Crippen molar-refractivity contribution in [3.63, 3.8) is 0 Å². The van der Waals surface area contributed by atoms with Crippen molar-refractivity contribution < 1.29 is 4.74 Å². The average Bonchev–Trinajstić information content (AvgIpc) is 2.48. The molecule has 2 N–H and O–H groups in total. The van der Waals surface area contributed by atoms with Crippen LogP contribution in [0.25, 0.3) is 0 Å². The summed E-state index contributed by atoms with van der Waals surface area (Å²) >= 11 is 0. The minimum Gasteiger partial charge on any atom is -0.387 e. The first-order chi connectivity index (χ1) is 6.03. The Morgan fingerprint density at radius 2 is 2.31 bits per heavy atom. The van der Waals surface area contributed by atoms with E-state index >= 15 is 0 Å². The molecule has 76 valence electrons. The predicted molar refractivity (Wildman–Crippen MR) is 54.9 cm³/mol. The van der Waals surface area contributed by atoms with Crippen LogP contribution >= 0.6 is 0 Å². The third-order valence-corrected chi connectivity index (χ3v) is 2.49. The summed E-state index contributed by atoms with van der Waals surface area (Å²) in [4.78, 5) is 4.35. The van der Waals surface area contributed by atoms with Crippen LogP contribution in [0.5, 0.6) is 0 Å². The topological polar surface area (TPSA) is 47.6 Å². The maximum absolute atomic E-state index is 5.75. The van der Waals surface area contributed by atoms with Gasteiger partial charge in [-0.1, -0.05) is 13.8 Å². The van der Waals surface area contributed by atoms with Crippen LogP contribution in [0.15, 0.2) is 4.99 Å². The van der Waals surface area contributed by atoms with Gasteiger partial charge in [-0.15, -0.1) is 0 Å². The lowest BCUT2D eigenvalue weighted by Crippen LogP contribution is -2.29. The Kier molecular flexibility index (Phi) is 3.31. The fourth-order valence-corrected chi connectivity index (χ4v) is 1.40. The number of nitrogens with two attached hydrogens (primary N) is 1. The van der Waals surface area contributed by atoms with Crippen molar-refractivity contribution in [1.82, 2.24) is 0 Å². The van der Waals surface area contributed by atoms with Gasteiger partial charge in [0.2, 0.25) is 0 Å². The smallest absolute Gasteiger partial charge is 0.0964 e. The molecule has 3 nitrogen and oxygen atoms in total. The second-order valence-corrected chi connectivity index (χ2v) is 4.30. The molecule has 1 atom stereocenters. The zero-order chi connectivity index (χ0) is 9.90. The van der Waals surface area contributed by atoms with E-state index < -0.39 is 0 Å². The van der Waals surface area contributed by atoms with Gasteiger partial charge in [0.25, 0.3) is 0 Å². The predicted octanol–water partition coefficient (Wildman–Crippen LogP) is 1.57. The SMILES string of the molecule is CC(C)C(N)=NCC1(C)CCCO1. The van der Waals surface area contributed by atoms with Crippen LogP contribution < -0.4 is 5.73 Å². The number of hydrogen-bond acceptors (Lipinski definition) is 2. The molecule has 1 aliphatic rings. The maximum Gasteiger partial charge on any atom is 0.0964 e. The van der Waals surface area contributed by atoms with Gasteiger partial charge in [-0.3, -0.25) is 4.99 Å². The van der Waals surface area contributed by atoms with Crippen LogP contribution in [0.2, 0.25) is 0 Å². The Balaban J connectivity index is 2.44. The number of rotatable bonds is 3. The number of ether oxygens (including phenoxy) is 1. The average molecular weight is 184 g/mol. The Bertz CT molecular complexity index is 193. The van der Waals surface area contributed by atoms with E-state index in [1.54, 1.807) is 0 Å². The monoisotopic (exact) mass is 184 g/mol. The summed E-state index contributed by atoms with van der Waals surface area (Å²) in [6.07, 6.45) is 2.25. The molecule has 0 aromatic carbocycles. The first-order valence-corrected chi connectivity index (χ1v) is 4.97. The second-order valence-electron chi connectivity index (χ2n) is 4.30. The van der Waals surface area contributed by atoms with Crippen LogP contribution in [-0.4, -0.2) is 24.6 Å². The van der Waals surface area contributed by atoms with E-state index in [2.05, 4.69) is 25.8 Å². The third kappa shape index (κ3) is 2.99. The summed E-state index contributed by atoms with van der Waals surface area (Å²) in [5, 5.41) is 0. The van der Waals surface area contributed by atoms with E-state index in [0.717, 1.165) is 25.3 Å². The van der Waals surface area contributed by atoms with Crippen molar-refractivity contribution in [3.05, 3.63) is 0 Å². The Labute approximate surface area is 80.4 Å². The molecule has 0 aliphatic carbocycles. The zero-order valence-electron chi connectivity index (χ0n) is 8.84. The van der Waals surface area contributed by atoms with Gasteiger partial charge in [0.1, 0.15) is 0 Å². The molecule has 1 fully saturated rings. The minimum absolute atomic E-state index is 0.0560. The number of amidine groups is 1. The Hall–Kier alpha value is -0.570. The highest BCUT2D eigenvalue weighted by Crippen LogP contribution is 2.25. The highest BCUT2D eigenvalue weighted by atomic mass is 16.5. The zero-order valence-corrected chi connectivity index (χ0v) is 8.84. The highest BCUT2D eigenvalue weighted by Gasteiger charge is 2.29. The van der Waals surface area contributed by atoms with Crippen molar-refractivity contribution in [2.45, 2.75) is 39.2 Å². The van der Waals surface area contributed by atoms with E-state index in [4.69, 9.17) is 10.5 Å². The quantitative estimate of drug-likeness (QED) is 0.534. The molecule has 0 aromatic rings. The molecule has 0 spiro atoms. The molecule has 0 saturated carbocycles. The van der Waals surface area contributed by atoms with Crippen LogP contribution in [-0.2, 0) is 4.74 Å².